The summed E-state index contributed by atoms with van der Waals surface area (Å²) in [5.41, 5.74) is 2.79. The third kappa shape index (κ3) is 4.04. The SMILES string of the molecule is COc1ccc(S(=O)(=O)NCc2cncc(-c3ccsc3)c2)cc1OC. The highest BCUT2D eigenvalue weighted by Gasteiger charge is 2.17. The Kier molecular flexibility index (Phi) is 5.55. The third-order valence-electron chi connectivity index (χ3n) is 3.78. The zero-order chi connectivity index (χ0) is 18.6. The molecule has 0 bridgehead atoms. The number of nitrogens with one attached hydrogen (secondary N) is 1. The average molecular weight is 390 g/mol. The van der Waals surface area contributed by atoms with Crippen LogP contribution < -0.4 is 14.2 Å². The number of nitrogens with zero attached hydrogens (tertiary/aromatic N) is 1. The van der Waals surface area contributed by atoms with Crippen LogP contribution in [-0.4, -0.2) is 27.6 Å². The van der Waals surface area contributed by atoms with Crippen LogP contribution >= 0.6 is 11.3 Å². The van der Waals surface area contributed by atoms with Crippen molar-refractivity contribution >= 4 is 21.4 Å². The maximum Gasteiger partial charge on any atom is 0.241 e. The smallest absolute Gasteiger partial charge is 0.241 e. The van der Waals surface area contributed by atoms with E-state index in [9.17, 15) is 8.42 Å². The summed E-state index contributed by atoms with van der Waals surface area (Å²) in [6.07, 6.45) is 3.40. The van der Waals surface area contributed by atoms with E-state index in [0.717, 1.165) is 16.7 Å². The predicted octanol–water partition coefficient (Wildman–Crippen LogP) is 3.31. The number of aromatic nitrogens is 1. The van der Waals surface area contributed by atoms with Crippen molar-refractivity contribution in [1.82, 2.24) is 9.71 Å². The highest BCUT2D eigenvalue weighted by Crippen LogP contribution is 2.29. The number of thiophene rings is 1. The van der Waals surface area contributed by atoms with E-state index in [1.807, 2.05) is 22.9 Å². The number of hydrogen-bond acceptors (Lipinski definition) is 6. The molecule has 2 heterocycles. The first-order chi connectivity index (χ1) is 12.5. The number of benzene rings is 1. The van der Waals surface area contributed by atoms with E-state index < -0.39 is 10.0 Å². The molecule has 0 aliphatic rings. The fourth-order valence-electron chi connectivity index (χ4n) is 2.42. The Morgan fingerprint density at radius 2 is 1.85 bits per heavy atom. The Hall–Kier alpha value is -2.42. The van der Waals surface area contributed by atoms with Gasteiger partial charge in [-0.3, -0.25) is 4.98 Å². The zero-order valence-electron chi connectivity index (χ0n) is 14.3. The maximum atomic E-state index is 12.6. The van der Waals surface area contributed by atoms with Crippen molar-refractivity contribution in [2.45, 2.75) is 11.4 Å². The van der Waals surface area contributed by atoms with E-state index >= 15 is 0 Å². The predicted molar refractivity (Wildman–Crippen MR) is 101 cm³/mol. The summed E-state index contributed by atoms with van der Waals surface area (Å²) in [6.45, 7) is 0.141. The molecule has 136 valence electrons. The van der Waals surface area contributed by atoms with Gasteiger partial charge >= 0.3 is 0 Å². The second kappa shape index (κ2) is 7.86. The van der Waals surface area contributed by atoms with Crippen molar-refractivity contribution < 1.29 is 17.9 Å². The normalized spacial score (nSPS) is 11.3. The second-order valence-electron chi connectivity index (χ2n) is 5.44. The molecule has 1 N–H and O–H groups in total. The molecular weight excluding hydrogens is 372 g/mol. The van der Waals surface area contributed by atoms with Crippen LogP contribution in [0, 0.1) is 0 Å². The molecule has 0 spiro atoms. The van der Waals surface area contributed by atoms with Gasteiger partial charge in [0.2, 0.25) is 10.0 Å². The number of sulfonamides is 1. The average Bonchev–Trinajstić information content (AvgIpc) is 3.21. The van der Waals surface area contributed by atoms with Gasteiger partial charge in [-0.15, -0.1) is 0 Å². The minimum atomic E-state index is -3.69. The maximum absolute atomic E-state index is 12.6. The van der Waals surface area contributed by atoms with Gasteiger partial charge in [0.15, 0.2) is 11.5 Å². The Morgan fingerprint density at radius 3 is 2.54 bits per heavy atom. The van der Waals surface area contributed by atoms with Crippen molar-refractivity contribution in [3.63, 3.8) is 0 Å². The highest BCUT2D eigenvalue weighted by atomic mass is 32.2. The summed E-state index contributed by atoms with van der Waals surface area (Å²) in [4.78, 5) is 4.31. The first-order valence-electron chi connectivity index (χ1n) is 7.71. The van der Waals surface area contributed by atoms with Gasteiger partial charge in [0.1, 0.15) is 0 Å². The number of pyridine rings is 1. The zero-order valence-corrected chi connectivity index (χ0v) is 15.9. The topological polar surface area (TPSA) is 77.5 Å². The Balaban J connectivity index is 1.78. The molecule has 3 rings (SSSR count). The number of rotatable bonds is 7. The van der Waals surface area contributed by atoms with Crippen LogP contribution in [0.2, 0.25) is 0 Å². The van der Waals surface area contributed by atoms with Crippen LogP contribution in [0.1, 0.15) is 5.56 Å². The summed E-state index contributed by atoms with van der Waals surface area (Å²) in [5.74, 6) is 0.829. The van der Waals surface area contributed by atoms with Gasteiger partial charge in [-0.2, -0.15) is 11.3 Å². The molecule has 26 heavy (non-hydrogen) atoms. The van der Waals surface area contributed by atoms with Crippen LogP contribution in [-0.2, 0) is 16.6 Å². The van der Waals surface area contributed by atoms with E-state index in [4.69, 9.17) is 9.47 Å². The Morgan fingerprint density at radius 1 is 1.04 bits per heavy atom. The number of hydrogen-bond donors (Lipinski definition) is 1. The summed E-state index contributed by atoms with van der Waals surface area (Å²) in [6, 6.07) is 8.39. The van der Waals surface area contributed by atoms with Gasteiger partial charge in [-0.25, -0.2) is 13.1 Å². The molecule has 3 aromatic rings. The summed E-state index contributed by atoms with van der Waals surface area (Å²) in [5, 5.41) is 4.01. The molecule has 0 fully saturated rings. The van der Waals surface area contributed by atoms with Gasteiger partial charge in [0.05, 0.1) is 19.1 Å². The lowest BCUT2D eigenvalue weighted by Gasteiger charge is -2.11. The number of methoxy groups -OCH3 is 2. The molecule has 0 radical (unpaired) electrons. The largest absolute Gasteiger partial charge is 0.493 e. The van der Waals surface area contributed by atoms with Crippen LogP contribution in [0.25, 0.3) is 11.1 Å². The van der Waals surface area contributed by atoms with E-state index in [-0.39, 0.29) is 11.4 Å². The number of ether oxygens (including phenoxy) is 2. The van der Waals surface area contributed by atoms with Crippen molar-refractivity contribution in [2.75, 3.05) is 14.2 Å². The van der Waals surface area contributed by atoms with E-state index in [0.29, 0.717) is 11.5 Å². The molecule has 8 heteroatoms. The molecule has 6 nitrogen and oxygen atoms in total. The van der Waals surface area contributed by atoms with Gasteiger partial charge in [-0.05, 0) is 46.2 Å². The van der Waals surface area contributed by atoms with Gasteiger partial charge in [-0.1, -0.05) is 0 Å². The van der Waals surface area contributed by atoms with Crippen LogP contribution in [0.5, 0.6) is 11.5 Å². The van der Waals surface area contributed by atoms with Gasteiger partial charge < -0.3 is 9.47 Å². The Bertz CT molecular complexity index is 986. The van der Waals surface area contributed by atoms with E-state index in [1.165, 1.54) is 26.4 Å². The minimum absolute atomic E-state index is 0.108. The van der Waals surface area contributed by atoms with Gasteiger partial charge in [0, 0.05) is 30.6 Å². The quantitative estimate of drug-likeness (QED) is 0.670. The highest BCUT2D eigenvalue weighted by molar-refractivity contribution is 7.89. The lowest BCUT2D eigenvalue weighted by atomic mass is 10.1. The van der Waals surface area contributed by atoms with E-state index in [2.05, 4.69) is 9.71 Å². The van der Waals surface area contributed by atoms with Crippen molar-refractivity contribution in [3.8, 4) is 22.6 Å². The Labute approximate surface area is 156 Å². The van der Waals surface area contributed by atoms with Crippen molar-refractivity contribution in [1.29, 1.82) is 0 Å². The van der Waals surface area contributed by atoms with E-state index in [1.54, 1.807) is 29.8 Å². The molecule has 0 aliphatic carbocycles. The molecule has 0 unspecified atom stereocenters. The van der Waals surface area contributed by atoms with Crippen LogP contribution in [0.15, 0.2) is 58.4 Å². The molecule has 0 aliphatic heterocycles. The standard InChI is InChI=1S/C18H18N2O4S2/c1-23-17-4-3-16(8-18(17)24-2)26(21,22)20-10-13-7-15(11-19-9-13)14-5-6-25-12-14/h3-9,11-12,20H,10H2,1-2H3. The second-order valence-corrected chi connectivity index (χ2v) is 7.98. The monoisotopic (exact) mass is 390 g/mol. The minimum Gasteiger partial charge on any atom is -0.493 e. The third-order valence-corrected chi connectivity index (χ3v) is 5.86. The fraction of sp³-hybridized carbons (Fsp3) is 0.167. The fourth-order valence-corrected chi connectivity index (χ4v) is 4.11. The van der Waals surface area contributed by atoms with Gasteiger partial charge in [0.25, 0.3) is 0 Å². The first kappa shape index (κ1) is 18.4. The molecule has 0 atom stereocenters. The summed E-state index contributed by atoms with van der Waals surface area (Å²) < 4.78 is 38.0. The molecular formula is C18H18N2O4S2. The molecule has 0 saturated carbocycles. The summed E-state index contributed by atoms with van der Waals surface area (Å²) >= 11 is 1.60. The summed E-state index contributed by atoms with van der Waals surface area (Å²) in [7, 11) is -0.735. The first-order valence-corrected chi connectivity index (χ1v) is 10.1. The molecule has 0 amide bonds. The lowest BCUT2D eigenvalue weighted by Crippen LogP contribution is -2.23. The molecule has 0 saturated heterocycles. The van der Waals surface area contributed by atoms with Crippen LogP contribution in [0.4, 0.5) is 0 Å². The van der Waals surface area contributed by atoms with Crippen molar-refractivity contribution in [3.05, 3.63) is 59.0 Å². The van der Waals surface area contributed by atoms with Crippen molar-refractivity contribution in [2.24, 2.45) is 0 Å². The molecule has 1 aromatic carbocycles. The lowest BCUT2D eigenvalue weighted by molar-refractivity contribution is 0.354. The molecule has 2 aromatic heterocycles. The van der Waals surface area contributed by atoms with Crippen LogP contribution in [0.3, 0.4) is 0 Å².